The van der Waals surface area contributed by atoms with Crippen molar-refractivity contribution in [3.63, 3.8) is 0 Å². The Balaban J connectivity index is 1.35. The van der Waals surface area contributed by atoms with Gasteiger partial charge in [0.05, 0.1) is 0 Å². The molecule has 1 fully saturated rings. The predicted molar refractivity (Wildman–Crippen MR) is 114 cm³/mol. The van der Waals surface area contributed by atoms with Crippen LogP contribution in [0.4, 0.5) is 10.2 Å². The number of hydrogen-bond acceptors (Lipinski definition) is 5. The molecule has 1 N–H and O–H groups in total. The van der Waals surface area contributed by atoms with Gasteiger partial charge in [-0.25, -0.2) is 14.4 Å². The van der Waals surface area contributed by atoms with Gasteiger partial charge in [0.2, 0.25) is 5.91 Å². The second kappa shape index (κ2) is 8.71. The number of rotatable bonds is 4. The van der Waals surface area contributed by atoms with E-state index in [0.29, 0.717) is 48.0 Å². The maximum absolute atomic E-state index is 14.0. The Kier molecular flexibility index (Phi) is 5.85. The van der Waals surface area contributed by atoms with Gasteiger partial charge in [-0.3, -0.25) is 9.59 Å². The number of aromatic nitrogens is 2. The maximum Gasteiger partial charge on any atom is 0.273 e. The molecule has 0 saturated carbocycles. The molecule has 1 aromatic carbocycles. The smallest absolute Gasteiger partial charge is 0.273 e. The van der Waals surface area contributed by atoms with Gasteiger partial charge in [-0.1, -0.05) is 12.1 Å². The number of aryl methyl sites for hydroxylation is 1. The first-order chi connectivity index (χ1) is 14.5. The van der Waals surface area contributed by atoms with Crippen LogP contribution in [0.2, 0.25) is 0 Å². The van der Waals surface area contributed by atoms with E-state index in [1.807, 2.05) is 19.1 Å². The van der Waals surface area contributed by atoms with E-state index in [-0.39, 0.29) is 23.5 Å². The fraction of sp³-hybridized carbons (Fsp3) is 0.273. The number of thiazole rings is 1. The highest BCUT2D eigenvalue weighted by Gasteiger charge is 2.29. The van der Waals surface area contributed by atoms with Crippen molar-refractivity contribution in [2.75, 3.05) is 18.4 Å². The number of halogens is 1. The van der Waals surface area contributed by atoms with Gasteiger partial charge in [-0.2, -0.15) is 0 Å². The average Bonchev–Trinajstić information content (AvgIpc) is 3.23. The van der Waals surface area contributed by atoms with Crippen molar-refractivity contribution in [3.05, 3.63) is 65.0 Å². The van der Waals surface area contributed by atoms with Crippen molar-refractivity contribution >= 4 is 29.0 Å². The Morgan fingerprint density at radius 1 is 1.20 bits per heavy atom. The first-order valence-corrected chi connectivity index (χ1v) is 10.6. The van der Waals surface area contributed by atoms with Crippen LogP contribution in [0.25, 0.3) is 10.6 Å². The van der Waals surface area contributed by atoms with Crippen LogP contribution in [0.15, 0.2) is 48.0 Å². The molecule has 0 radical (unpaired) electrons. The van der Waals surface area contributed by atoms with Crippen LogP contribution in [0, 0.1) is 18.7 Å². The first kappa shape index (κ1) is 20.2. The molecule has 1 saturated heterocycles. The van der Waals surface area contributed by atoms with Gasteiger partial charge in [0, 0.05) is 36.1 Å². The number of anilines is 1. The number of amides is 2. The van der Waals surface area contributed by atoms with Crippen LogP contribution < -0.4 is 5.32 Å². The summed E-state index contributed by atoms with van der Waals surface area (Å²) in [7, 11) is 0. The normalized spacial score (nSPS) is 14.5. The third kappa shape index (κ3) is 4.38. The highest BCUT2D eigenvalue weighted by atomic mass is 32.1. The lowest BCUT2D eigenvalue weighted by molar-refractivity contribution is -0.121. The number of nitrogens with one attached hydrogen (secondary N) is 1. The zero-order valence-corrected chi connectivity index (χ0v) is 17.3. The van der Waals surface area contributed by atoms with Crippen molar-refractivity contribution in [1.82, 2.24) is 14.9 Å². The van der Waals surface area contributed by atoms with Gasteiger partial charge in [0.25, 0.3) is 5.91 Å². The zero-order chi connectivity index (χ0) is 21.1. The Morgan fingerprint density at radius 3 is 2.70 bits per heavy atom. The minimum atomic E-state index is -0.360. The summed E-state index contributed by atoms with van der Waals surface area (Å²) in [5.41, 5.74) is 1.73. The molecule has 1 aliphatic heterocycles. The summed E-state index contributed by atoms with van der Waals surface area (Å²) < 4.78 is 14.0. The monoisotopic (exact) mass is 424 g/mol. The molecule has 0 bridgehead atoms. The van der Waals surface area contributed by atoms with E-state index in [1.54, 1.807) is 34.7 Å². The van der Waals surface area contributed by atoms with Crippen LogP contribution in [-0.4, -0.2) is 39.8 Å². The molecular weight excluding hydrogens is 403 g/mol. The highest BCUT2D eigenvalue weighted by molar-refractivity contribution is 7.13. The van der Waals surface area contributed by atoms with Gasteiger partial charge in [0.1, 0.15) is 22.3 Å². The topological polar surface area (TPSA) is 75.2 Å². The average molecular weight is 425 g/mol. The third-order valence-corrected chi connectivity index (χ3v) is 6.02. The molecule has 3 heterocycles. The molecule has 2 amide bonds. The Morgan fingerprint density at radius 2 is 1.97 bits per heavy atom. The first-order valence-electron chi connectivity index (χ1n) is 9.74. The lowest BCUT2D eigenvalue weighted by Crippen LogP contribution is -2.41. The maximum atomic E-state index is 14.0. The van der Waals surface area contributed by atoms with E-state index in [9.17, 15) is 14.0 Å². The lowest BCUT2D eigenvalue weighted by Gasteiger charge is -2.30. The number of pyridine rings is 1. The number of carbonyl (C=O) groups is 2. The summed E-state index contributed by atoms with van der Waals surface area (Å²) in [6.45, 7) is 2.90. The summed E-state index contributed by atoms with van der Waals surface area (Å²) in [4.78, 5) is 35.5. The molecule has 6 nitrogen and oxygen atoms in total. The van der Waals surface area contributed by atoms with E-state index in [4.69, 9.17) is 0 Å². The summed E-state index contributed by atoms with van der Waals surface area (Å²) in [6, 6.07) is 10.1. The molecule has 0 unspecified atom stereocenters. The SMILES string of the molecule is Cc1ccnc(NC(=O)C2CCN(C(=O)c3csc(-c4ccccc4F)n3)CC2)c1. The molecule has 1 aliphatic rings. The zero-order valence-electron chi connectivity index (χ0n) is 16.5. The molecular formula is C22H21FN4O2S. The van der Waals surface area contributed by atoms with Crippen molar-refractivity contribution in [3.8, 4) is 10.6 Å². The van der Waals surface area contributed by atoms with Crippen molar-refractivity contribution in [1.29, 1.82) is 0 Å². The molecule has 154 valence electrons. The van der Waals surface area contributed by atoms with Crippen LogP contribution in [0.3, 0.4) is 0 Å². The van der Waals surface area contributed by atoms with E-state index in [0.717, 1.165) is 5.56 Å². The van der Waals surface area contributed by atoms with Gasteiger partial charge in [-0.05, 0) is 49.6 Å². The molecule has 2 aromatic heterocycles. The largest absolute Gasteiger partial charge is 0.337 e. The Bertz CT molecular complexity index is 1080. The standard InChI is InChI=1S/C22H21FN4O2S/c1-14-6-9-24-19(12-14)26-20(28)15-7-10-27(11-8-15)22(29)18-13-30-21(25-18)16-4-2-3-5-17(16)23/h2-6,9,12-13,15H,7-8,10-11H2,1H3,(H,24,26,28). The second-order valence-corrected chi connectivity index (χ2v) is 8.15. The molecule has 30 heavy (non-hydrogen) atoms. The summed E-state index contributed by atoms with van der Waals surface area (Å²) in [6.07, 6.45) is 2.82. The number of carbonyl (C=O) groups excluding carboxylic acids is 2. The minimum Gasteiger partial charge on any atom is -0.337 e. The molecule has 0 aliphatic carbocycles. The summed E-state index contributed by atoms with van der Waals surface area (Å²) in [5, 5.41) is 5.00. The van der Waals surface area contributed by atoms with Crippen molar-refractivity contribution < 1.29 is 14.0 Å². The van der Waals surface area contributed by atoms with Crippen molar-refractivity contribution in [2.24, 2.45) is 5.92 Å². The number of piperidine rings is 1. The third-order valence-electron chi connectivity index (χ3n) is 5.15. The number of benzene rings is 1. The second-order valence-electron chi connectivity index (χ2n) is 7.29. The summed E-state index contributed by atoms with van der Waals surface area (Å²) in [5.74, 6) is -0.244. The number of hydrogen-bond donors (Lipinski definition) is 1. The van der Waals surface area contributed by atoms with Crippen LogP contribution in [-0.2, 0) is 4.79 Å². The van der Waals surface area contributed by atoms with Crippen LogP contribution >= 0.6 is 11.3 Å². The molecule has 0 spiro atoms. The van der Waals surface area contributed by atoms with E-state index >= 15 is 0 Å². The molecule has 3 aromatic rings. The fourth-order valence-electron chi connectivity index (χ4n) is 3.47. The van der Waals surface area contributed by atoms with Gasteiger partial charge < -0.3 is 10.2 Å². The Hall–Kier alpha value is -3.13. The van der Waals surface area contributed by atoms with E-state index in [1.165, 1.54) is 17.4 Å². The lowest BCUT2D eigenvalue weighted by atomic mass is 9.95. The molecule has 0 atom stereocenters. The number of likely N-dealkylation sites (tertiary alicyclic amines) is 1. The highest BCUT2D eigenvalue weighted by Crippen LogP contribution is 2.27. The number of nitrogens with zero attached hydrogens (tertiary/aromatic N) is 3. The van der Waals surface area contributed by atoms with Crippen LogP contribution in [0.1, 0.15) is 28.9 Å². The van der Waals surface area contributed by atoms with Gasteiger partial charge in [-0.15, -0.1) is 11.3 Å². The molecule has 8 heteroatoms. The van der Waals surface area contributed by atoms with E-state index in [2.05, 4.69) is 15.3 Å². The fourth-order valence-corrected chi connectivity index (χ4v) is 4.29. The predicted octanol–water partition coefficient (Wildman–Crippen LogP) is 4.14. The molecule has 4 rings (SSSR count). The minimum absolute atomic E-state index is 0.0734. The van der Waals surface area contributed by atoms with E-state index < -0.39 is 0 Å². The Labute approximate surface area is 177 Å². The van der Waals surface area contributed by atoms with Gasteiger partial charge >= 0.3 is 0 Å². The summed E-state index contributed by atoms with van der Waals surface area (Å²) >= 11 is 1.25. The van der Waals surface area contributed by atoms with Crippen molar-refractivity contribution in [2.45, 2.75) is 19.8 Å². The quantitative estimate of drug-likeness (QED) is 0.683. The van der Waals surface area contributed by atoms with Gasteiger partial charge in [0.15, 0.2) is 0 Å². The van der Waals surface area contributed by atoms with Crippen LogP contribution in [0.5, 0.6) is 0 Å².